The molecule has 226 valence electrons. The first kappa shape index (κ1) is 29.9. The van der Waals surface area contributed by atoms with Crippen LogP contribution in [0.3, 0.4) is 0 Å². The van der Waals surface area contributed by atoms with E-state index >= 15 is 0 Å². The monoisotopic (exact) mass is 683 g/mol. The number of fused-ring (bicyclic) bond motifs is 2. The summed E-state index contributed by atoms with van der Waals surface area (Å²) in [5.41, 5.74) is 3.51. The summed E-state index contributed by atoms with van der Waals surface area (Å²) in [4.78, 5) is 61.1. The second-order valence-electron chi connectivity index (χ2n) is 10.1. The lowest BCUT2D eigenvalue weighted by Gasteiger charge is -2.13. The number of thioether (sulfide) groups is 1. The van der Waals surface area contributed by atoms with E-state index in [1.807, 2.05) is 6.92 Å². The van der Waals surface area contributed by atoms with Crippen LogP contribution < -0.4 is 10.2 Å². The lowest BCUT2D eigenvalue weighted by Crippen LogP contribution is -2.29. The molecule has 3 heterocycles. The molecule has 7 rings (SSSR count). The molecule has 1 N–H and O–H groups in total. The van der Waals surface area contributed by atoms with Gasteiger partial charge in [0.2, 0.25) is 0 Å². The predicted molar refractivity (Wildman–Crippen MR) is 181 cm³/mol. The molecular weight excluding hydrogens is 666 g/mol. The number of nitrogens with one attached hydrogen (secondary N) is 1. The summed E-state index contributed by atoms with van der Waals surface area (Å²) in [6, 6.07) is 21.8. The highest BCUT2D eigenvalue weighted by atomic mass is 35.5. The maximum absolute atomic E-state index is 12.9. The average Bonchev–Trinajstić information content (AvgIpc) is 3.68. The molecule has 10 nitrogen and oxygen atoms in total. The molecule has 0 atom stereocenters. The van der Waals surface area contributed by atoms with Gasteiger partial charge in [0.25, 0.3) is 23.4 Å². The zero-order valence-corrected chi connectivity index (χ0v) is 26.7. The van der Waals surface area contributed by atoms with Gasteiger partial charge in [0.15, 0.2) is 9.51 Å². The molecule has 5 aromatic rings. The van der Waals surface area contributed by atoms with E-state index in [0.717, 1.165) is 38.7 Å². The fourth-order valence-corrected chi connectivity index (χ4v) is 8.05. The number of amidine groups is 1. The molecule has 4 aromatic carbocycles. The first-order chi connectivity index (χ1) is 22.2. The lowest BCUT2D eigenvalue weighted by atomic mass is 10.1. The number of hydrogen-bond acceptors (Lipinski definition) is 10. The summed E-state index contributed by atoms with van der Waals surface area (Å²) in [5, 5.41) is 15.7. The van der Waals surface area contributed by atoms with Crippen LogP contribution in [0.15, 0.2) is 98.0 Å². The van der Waals surface area contributed by atoms with Crippen LogP contribution in [0.4, 0.5) is 17.1 Å². The van der Waals surface area contributed by atoms with Crippen LogP contribution in [0.1, 0.15) is 31.8 Å². The summed E-state index contributed by atoms with van der Waals surface area (Å²) in [6.07, 6.45) is 1.58. The third-order valence-corrected chi connectivity index (χ3v) is 10.7. The summed E-state index contributed by atoms with van der Waals surface area (Å²) >= 11 is 9.75. The fourth-order valence-electron chi connectivity index (χ4n) is 4.90. The molecule has 0 aliphatic carbocycles. The first-order valence-electron chi connectivity index (χ1n) is 13.6. The molecule has 0 saturated carbocycles. The lowest BCUT2D eigenvalue weighted by molar-refractivity contribution is -0.387. The third-order valence-electron chi connectivity index (χ3n) is 7.19. The van der Waals surface area contributed by atoms with Gasteiger partial charge < -0.3 is 5.32 Å². The minimum Gasteiger partial charge on any atom is -0.300 e. The highest BCUT2D eigenvalue weighted by Gasteiger charge is 2.36. The van der Waals surface area contributed by atoms with E-state index < -0.39 is 16.7 Å². The van der Waals surface area contributed by atoms with Crippen molar-refractivity contribution in [2.75, 3.05) is 4.90 Å². The van der Waals surface area contributed by atoms with Crippen LogP contribution in [-0.2, 0) is 4.79 Å². The molecule has 1 aromatic heterocycles. The zero-order chi connectivity index (χ0) is 32.1. The van der Waals surface area contributed by atoms with E-state index in [4.69, 9.17) is 11.6 Å². The summed E-state index contributed by atoms with van der Waals surface area (Å²) < 4.78 is 1.27. The number of nitro groups is 1. The molecule has 0 spiro atoms. The number of amides is 3. The van der Waals surface area contributed by atoms with E-state index in [-0.39, 0.29) is 11.6 Å². The summed E-state index contributed by atoms with van der Waals surface area (Å²) in [5.74, 6) is -1.14. The number of aromatic nitrogens is 1. The fraction of sp³-hybridized carbons (Fsp3) is 0.0312. The first-order valence-corrected chi connectivity index (χ1v) is 16.4. The Labute approximate surface area is 278 Å². The van der Waals surface area contributed by atoms with E-state index in [2.05, 4.69) is 15.3 Å². The quantitative estimate of drug-likeness (QED) is 0.0823. The Bertz CT molecular complexity index is 2200. The van der Waals surface area contributed by atoms with Crippen molar-refractivity contribution in [2.45, 2.75) is 16.2 Å². The van der Waals surface area contributed by atoms with Crippen LogP contribution in [0, 0.1) is 17.0 Å². The molecule has 46 heavy (non-hydrogen) atoms. The SMILES string of the molecule is Cc1c(Cl)cccc1N=C1NC(=O)/C(=C/c2ccc(Sc3nc4ccc(N5C(=O)c6ccccc6C5=O)cc4s3)c([N+](=O)[O-])c2)S1. The number of nitro benzene ring substituents is 1. The molecule has 1 saturated heterocycles. The Morgan fingerprint density at radius 3 is 2.50 bits per heavy atom. The van der Waals surface area contributed by atoms with E-state index in [1.54, 1.807) is 78.9 Å². The topological polar surface area (TPSA) is 135 Å². The average molecular weight is 684 g/mol. The van der Waals surface area contributed by atoms with Gasteiger partial charge in [-0.3, -0.25) is 24.5 Å². The maximum Gasteiger partial charge on any atom is 0.283 e. The van der Waals surface area contributed by atoms with Gasteiger partial charge in [0, 0.05) is 11.1 Å². The maximum atomic E-state index is 12.9. The summed E-state index contributed by atoms with van der Waals surface area (Å²) in [6.45, 7) is 1.84. The van der Waals surface area contributed by atoms with Crippen LogP contribution in [0.2, 0.25) is 5.02 Å². The van der Waals surface area contributed by atoms with Gasteiger partial charge in [-0.05, 0) is 84.4 Å². The molecule has 1 fully saturated rings. The number of hydrogen-bond donors (Lipinski definition) is 1. The smallest absolute Gasteiger partial charge is 0.283 e. The van der Waals surface area contributed by atoms with E-state index in [1.165, 1.54) is 17.4 Å². The van der Waals surface area contributed by atoms with Crippen LogP contribution in [-0.4, -0.2) is 32.8 Å². The highest BCUT2D eigenvalue weighted by Crippen LogP contribution is 2.41. The Kier molecular flexibility index (Phi) is 7.69. The molecule has 0 unspecified atom stereocenters. The Morgan fingerprint density at radius 1 is 1.00 bits per heavy atom. The number of nitrogens with zero attached hydrogens (tertiary/aromatic N) is 4. The van der Waals surface area contributed by atoms with E-state index in [9.17, 15) is 24.5 Å². The molecule has 3 amide bonds. The second-order valence-corrected chi connectivity index (χ2v) is 13.8. The number of carbonyl (C=O) groups is 3. The predicted octanol–water partition coefficient (Wildman–Crippen LogP) is 8.01. The number of carbonyl (C=O) groups excluding carboxylic acids is 3. The molecular formula is C32H18ClN5O5S3. The van der Waals surface area contributed by atoms with Gasteiger partial charge in [-0.1, -0.05) is 47.6 Å². The van der Waals surface area contributed by atoms with Crippen LogP contribution in [0.25, 0.3) is 16.3 Å². The number of imide groups is 1. The number of thiazole rings is 1. The number of aliphatic imine (C=N–C) groups is 1. The van der Waals surface area contributed by atoms with Crippen molar-refractivity contribution < 1.29 is 19.3 Å². The van der Waals surface area contributed by atoms with Gasteiger partial charge in [-0.25, -0.2) is 14.9 Å². The Morgan fingerprint density at radius 2 is 1.76 bits per heavy atom. The molecule has 2 aliphatic rings. The largest absolute Gasteiger partial charge is 0.300 e. The van der Waals surface area contributed by atoms with Crippen molar-refractivity contribution in [3.05, 3.63) is 121 Å². The minimum absolute atomic E-state index is 0.142. The zero-order valence-electron chi connectivity index (χ0n) is 23.5. The van der Waals surface area contributed by atoms with Crippen molar-refractivity contribution in [1.29, 1.82) is 0 Å². The van der Waals surface area contributed by atoms with Gasteiger partial charge in [-0.15, -0.1) is 11.3 Å². The van der Waals surface area contributed by atoms with Crippen molar-refractivity contribution in [3.8, 4) is 0 Å². The molecule has 2 aliphatic heterocycles. The van der Waals surface area contributed by atoms with Crippen LogP contribution in [0.5, 0.6) is 0 Å². The minimum atomic E-state index is -0.477. The van der Waals surface area contributed by atoms with Gasteiger partial charge >= 0.3 is 0 Å². The van der Waals surface area contributed by atoms with Crippen LogP contribution >= 0.6 is 46.5 Å². The number of benzene rings is 4. The van der Waals surface area contributed by atoms with Crippen molar-refractivity contribution >= 4 is 103 Å². The number of rotatable bonds is 6. The van der Waals surface area contributed by atoms with Gasteiger partial charge in [0.05, 0.1) is 47.4 Å². The molecule has 0 bridgehead atoms. The highest BCUT2D eigenvalue weighted by molar-refractivity contribution is 8.18. The van der Waals surface area contributed by atoms with Crippen molar-refractivity contribution in [3.63, 3.8) is 0 Å². The Hall–Kier alpha value is -4.82. The third kappa shape index (κ3) is 5.47. The Balaban J connectivity index is 1.12. The summed E-state index contributed by atoms with van der Waals surface area (Å²) in [7, 11) is 0. The second kappa shape index (κ2) is 11.8. The molecule has 14 heteroatoms. The van der Waals surface area contributed by atoms with Gasteiger partial charge in [0.1, 0.15) is 0 Å². The van der Waals surface area contributed by atoms with Crippen molar-refractivity contribution in [1.82, 2.24) is 10.3 Å². The van der Waals surface area contributed by atoms with Gasteiger partial charge in [-0.2, -0.15) is 0 Å². The standard InChI is InChI=1S/C32H18ClN5O5S3/c1-16-21(33)7-4-8-22(16)34-31-36-28(39)27(44-31)14-17-9-12-25(24(13-17)38(42)43)45-32-35-23-11-10-18(15-26(23)46-32)37-29(40)19-5-2-3-6-20(19)30(37)41/h2-15H,1H3,(H,34,36,39)/b27-14-. The molecule has 0 radical (unpaired) electrons. The van der Waals surface area contributed by atoms with E-state index in [0.29, 0.717) is 57.9 Å². The normalized spacial score (nSPS) is 16.1. The number of anilines is 1. The number of halogens is 1. The van der Waals surface area contributed by atoms with Crippen molar-refractivity contribution in [2.24, 2.45) is 4.99 Å².